The average molecular weight is 440 g/mol. The van der Waals surface area contributed by atoms with Gasteiger partial charge in [0.1, 0.15) is 5.82 Å². The van der Waals surface area contributed by atoms with Crippen LogP contribution in [0.4, 0.5) is 10.3 Å². The van der Waals surface area contributed by atoms with Crippen molar-refractivity contribution in [2.75, 3.05) is 19.5 Å². The molecule has 4 rings (SSSR count). The molecule has 160 valence electrons. The minimum Gasteiger partial charge on any atom is -0.424 e. The van der Waals surface area contributed by atoms with Gasteiger partial charge in [-0.05, 0) is 34.0 Å². The maximum absolute atomic E-state index is 13.2. The minimum absolute atomic E-state index is 0.0786. The number of nitrogens with one attached hydrogen (secondary N) is 1. The predicted octanol–water partition coefficient (Wildman–Crippen LogP) is 5.28. The molecule has 0 amide bonds. The lowest BCUT2D eigenvalue weighted by Crippen LogP contribution is -2.15. The van der Waals surface area contributed by atoms with E-state index in [9.17, 15) is 8.96 Å². The molecule has 1 N–H and O–H groups in total. The highest BCUT2D eigenvalue weighted by Crippen LogP contribution is 2.47. The molecule has 8 heteroatoms. The number of rotatable bonds is 8. The van der Waals surface area contributed by atoms with Crippen molar-refractivity contribution in [2.24, 2.45) is 0 Å². The van der Waals surface area contributed by atoms with Gasteiger partial charge in [0.05, 0.1) is 6.42 Å². The Balaban J connectivity index is 1.67. The van der Waals surface area contributed by atoms with Crippen LogP contribution in [0.1, 0.15) is 17.0 Å². The summed E-state index contributed by atoms with van der Waals surface area (Å²) in [6, 6.07) is 20.1. The van der Waals surface area contributed by atoms with Crippen LogP contribution < -0.4 is 10.8 Å². The molecule has 0 radical (unpaired) electrons. The van der Waals surface area contributed by atoms with Crippen LogP contribution in [0.5, 0.6) is 0 Å². The van der Waals surface area contributed by atoms with Gasteiger partial charge in [0, 0.05) is 20.8 Å². The molecule has 0 spiro atoms. The second-order valence-corrected chi connectivity index (χ2v) is 9.07. The van der Waals surface area contributed by atoms with Crippen LogP contribution in [0.25, 0.3) is 10.8 Å². The Hall–Kier alpha value is -2.99. The monoisotopic (exact) mass is 440 g/mol. The molecule has 0 saturated carbocycles. The molecule has 31 heavy (non-hydrogen) atoms. The summed E-state index contributed by atoms with van der Waals surface area (Å²) in [5.74, 6) is 0.263. The molecule has 0 aliphatic heterocycles. The summed E-state index contributed by atoms with van der Waals surface area (Å²) in [5, 5.41) is 5.28. The third kappa shape index (κ3) is 4.54. The highest BCUT2D eigenvalue weighted by Gasteiger charge is 2.34. The molecule has 0 atom stereocenters. The molecule has 0 unspecified atom stereocenters. The lowest BCUT2D eigenvalue weighted by molar-refractivity contribution is 0.286. The lowest BCUT2D eigenvalue weighted by atomic mass is 10.0. The van der Waals surface area contributed by atoms with Crippen molar-refractivity contribution in [2.45, 2.75) is 13.0 Å². The molecule has 1 aromatic heterocycles. The van der Waals surface area contributed by atoms with E-state index in [2.05, 4.69) is 10.3 Å². The van der Waals surface area contributed by atoms with E-state index in [1.165, 1.54) is 26.4 Å². The summed E-state index contributed by atoms with van der Waals surface area (Å²) in [7, 11) is -1.06. The first-order chi connectivity index (χ1) is 15.0. The third-order valence-corrected chi connectivity index (χ3v) is 6.76. The van der Waals surface area contributed by atoms with E-state index < -0.39 is 7.60 Å². The molecule has 0 fully saturated rings. The van der Waals surface area contributed by atoms with Crippen molar-refractivity contribution in [1.29, 1.82) is 0 Å². The number of oxazole rings is 1. The Morgan fingerprint density at radius 2 is 1.71 bits per heavy atom. The molecule has 0 aliphatic rings. The van der Waals surface area contributed by atoms with Crippen molar-refractivity contribution in [1.82, 2.24) is 4.98 Å². The van der Waals surface area contributed by atoms with Crippen LogP contribution in [0, 0.1) is 5.82 Å². The maximum atomic E-state index is 13.2. The van der Waals surface area contributed by atoms with Gasteiger partial charge < -0.3 is 18.8 Å². The lowest BCUT2D eigenvalue weighted by Gasteiger charge is -2.12. The number of nitrogens with zero attached hydrogens (tertiary/aromatic N) is 1. The normalized spacial score (nSPS) is 11.7. The van der Waals surface area contributed by atoms with E-state index in [1.54, 1.807) is 12.1 Å². The first-order valence-electron chi connectivity index (χ1n) is 9.69. The van der Waals surface area contributed by atoms with Gasteiger partial charge in [-0.3, -0.25) is 4.57 Å². The summed E-state index contributed by atoms with van der Waals surface area (Å²) < 4.78 is 42.4. The standard InChI is InChI=1S/C23H22FN2O4P/c1-28-31(27,29-2)23-22(25-15-16-10-12-19(24)13-11-16)30-21(26-23)14-18-8-5-7-17-6-3-4-9-20(17)18/h3-13,25H,14-15H2,1-2H3. The summed E-state index contributed by atoms with van der Waals surface area (Å²) in [6.45, 7) is 0.323. The Morgan fingerprint density at radius 1 is 1.00 bits per heavy atom. The van der Waals surface area contributed by atoms with Gasteiger partial charge in [-0.25, -0.2) is 9.37 Å². The fraction of sp³-hybridized carbons (Fsp3) is 0.174. The molecule has 4 aromatic rings. The zero-order chi connectivity index (χ0) is 21.8. The first kappa shape index (κ1) is 21.2. The fourth-order valence-corrected chi connectivity index (χ4v) is 4.48. The summed E-state index contributed by atoms with van der Waals surface area (Å²) >= 11 is 0. The molecule has 6 nitrogen and oxygen atoms in total. The van der Waals surface area contributed by atoms with Crippen molar-refractivity contribution < 1.29 is 22.4 Å². The summed E-state index contributed by atoms with van der Waals surface area (Å²) in [5.41, 5.74) is 1.93. The van der Waals surface area contributed by atoms with Crippen molar-refractivity contribution in [3.8, 4) is 0 Å². The highest BCUT2D eigenvalue weighted by molar-refractivity contribution is 7.62. The van der Waals surface area contributed by atoms with Gasteiger partial charge in [0.25, 0.3) is 0 Å². The smallest absolute Gasteiger partial charge is 0.384 e. The molecule has 0 saturated heterocycles. The van der Waals surface area contributed by atoms with Crippen LogP contribution in [0.15, 0.2) is 71.1 Å². The minimum atomic E-state index is -3.66. The van der Waals surface area contributed by atoms with Gasteiger partial charge in [-0.2, -0.15) is 0 Å². The average Bonchev–Trinajstić information content (AvgIpc) is 3.21. The van der Waals surface area contributed by atoms with Gasteiger partial charge in [-0.15, -0.1) is 0 Å². The SMILES string of the molecule is COP(=O)(OC)c1nc(Cc2cccc3ccccc23)oc1NCc1ccc(F)cc1. The summed E-state index contributed by atoms with van der Waals surface area (Å²) in [6.07, 6.45) is 0.403. The van der Waals surface area contributed by atoms with Crippen LogP contribution in [0.2, 0.25) is 0 Å². The molecule has 3 aromatic carbocycles. The molecule has 1 heterocycles. The van der Waals surface area contributed by atoms with E-state index in [0.717, 1.165) is 21.9 Å². The van der Waals surface area contributed by atoms with Crippen molar-refractivity contribution in [3.63, 3.8) is 0 Å². The molecular formula is C23H22FN2O4P. The highest BCUT2D eigenvalue weighted by atomic mass is 31.2. The van der Waals surface area contributed by atoms with Crippen LogP contribution in [0.3, 0.4) is 0 Å². The van der Waals surface area contributed by atoms with Gasteiger partial charge >= 0.3 is 7.60 Å². The predicted molar refractivity (Wildman–Crippen MR) is 118 cm³/mol. The molecular weight excluding hydrogens is 418 g/mol. The van der Waals surface area contributed by atoms with Crippen LogP contribution in [-0.4, -0.2) is 19.2 Å². The summed E-state index contributed by atoms with van der Waals surface area (Å²) in [4.78, 5) is 4.45. The third-order valence-electron chi connectivity index (χ3n) is 4.98. The van der Waals surface area contributed by atoms with Crippen molar-refractivity contribution >= 4 is 29.7 Å². The maximum Gasteiger partial charge on any atom is 0.384 e. The van der Waals surface area contributed by atoms with E-state index in [1.807, 2.05) is 42.5 Å². The number of hydrogen-bond acceptors (Lipinski definition) is 6. The largest absolute Gasteiger partial charge is 0.424 e. The van der Waals surface area contributed by atoms with E-state index in [-0.39, 0.29) is 17.1 Å². The Bertz CT molecular complexity index is 1230. The molecule has 0 bridgehead atoms. The number of halogens is 1. The quantitative estimate of drug-likeness (QED) is 0.376. The number of fused-ring (bicyclic) bond motifs is 1. The number of aromatic nitrogens is 1. The van der Waals surface area contributed by atoms with Gasteiger partial charge in [0.15, 0.2) is 0 Å². The van der Waals surface area contributed by atoms with Crippen molar-refractivity contribution in [3.05, 3.63) is 89.6 Å². The number of benzene rings is 3. The number of anilines is 1. The Labute approximate surface area is 179 Å². The zero-order valence-corrected chi connectivity index (χ0v) is 18.1. The van der Waals surface area contributed by atoms with E-state index >= 15 is 0 Å². The van der Waals surface area contributed by atoms with Crippen LogP contribution >= 0.6 is 7.60 Å². The van der Waals surface area contributed by atoms with Crippen LogP contribution in [-0.2, 0) is 26.6 Å². The Kier molecular flexibility index (Phi) is 6.18. The first-order valence-corrected chi connectivity index (χ1v) is 11.2. The topological polar surface area (TPSA) is 73.6 Å². The fourth-order valence-electron chi connectivity index (χ4n) is 3.37. The zero-order valence-electron chi connectivity index (χ0n) is 17.2. The van der Waals surface area contributed by atoms with Gasteiger partial charge in [0.2, 0.25) is 17.2 Å². The molecule has 0 aliphatic carbocycles. The van der Waals surface area contributed by atoms with E-state index in [4.69, 9.17) is 13.5 Å². The van der Waals surface area contributed by atoms with E-state index in [0.29, 0.717) is 18.9 Å². The van der Waals surface area contributed by atoms with Gasteiger partial charge in [-0.1, -0.05) is 54.6 Å². The second kappa shape index (κ2) is 9.02. The second-order valence-electron chi connectivity index (χ2n) is 6.92. The number of hydrogen-bond donors (Lipinski definition) is 1. The Morgan fingerprint density at radius 3 is 2.45 bits per heavy atom.